The highest BCUT2D eigenvalue weighted by Gasteiger charge is 2.49. The molecule has 4 rings (SSSR count). The van der Waals surface area contributed by atoms with Gasteiger partial charge in [0.25, 0.3) is 5.91 Å². The molecule has 0 saturated carbocycles. The van der Waals surface area contributed by atoms with Gasteiger partial charge in [-0.1, -0.05) is 42.5 Å². The van der Waals surface area contributed by atoms with Crippen LogP contribution in [0.4, 0.5) is 4.79 Å². The normalized spacial score (nSPS) is 20.3. The molecular formula is C24H27N3O3. The van der Waals surface area contributed by atoms with Gasteiger partial charge in [-0.3, -0.25) is 14.5 Å². The largest absolute Gasteiger partial charge is 0.354 e. The maximum atomic E-state index is 13.1. The lowest BCUT2D eigenvalue weighted by Gasteiger charge is -2.23. The standard InChI is InChI=1S/C24H27N3O3/c1-16-6-3-4-7-17(16)12-13-25-21(28)15-27-22(29)24(2,26-23(27)30)20-11-10-18-8-5-9-19(18)14-20/h3-4,6-7,10-11,14H,5,8-9,12-13,15H2,1-2H3,(H,25,28)(H,26,30)/t24-/m1/s1. The van der Waals surface area contributed by atoms with E-state index in [1.54, 1.807) is 6.92 Å². The van der Waals surface area contributed by atoms with Gasteiger partial charge in [0.1, 0.15) is 12.1 Å². The van der Waals surface area contributed by atoms with E-state index in [0.717, 1.165) is 35.3 Å². The number of hydrogen-bond donors (Lipinski definition) is 2. The summed E-state index contributed by atoms with van der Waals surface area (Å²) in [4.78, 5) is 39.0. The number of carbonyl (C=O) groups excluding carboxylic acids is 3. The molecule has 0 aromatic heterocycles. The van der Waals surface area contributed by atoms with Gasteiger partial charge in [0.2, 0.25) is 5.91 Å². The average molecular weight is 405 g/mol. The molecule has 1 aliphatic heterocycles. The third kappa shape index (κ3) is 3.70. The first kappa shape index (κ1) is 20.1. The monoisotopic (exact) mass is 405 g/mol. The van der Waals surface area contributed by atoms with Crippen LogP contribution in [-0.2, 0) is 34.4 Å². The van der Waals surface area contributed by atoms with Crippen LogP contribution >= 0.6 is 0 Å². The lowest BCUT2D eigenvalue weighted by atomic mass is 9.89. The van der Waals surface area contributed by atoms with E-state index in [1.807, 2.05) is 49.4 Å². The number of imide groups is 1. The van der Waals surface area contributed by atoms with Crippen molar-refractivity contribution in [2.75, 3.05) is 13.1 Å². The number of nitrogens with zero attached hydrogens (tertiary/aromatic N) is 1. The third-order valence-electron chi connectivity index (χ3n) is 6.23. The van der Waals surface area contributed by atoms with E-state index in [4.69, 9.17) is 0 Å². The van der Waals surface area contributed by atoms with Crippen LogP contribution in [0.25, 0.3) is 0 Å². The molecule has 0 radical (unpaired) electrons. The molecule has 1 heterocycles. The number of rotatable bonds is 6. The van der Waals surface area contributed by atoms with Crippen molar-refractivity contribution in [2.45, 2.75) is 45.1 Å². The van der Waals surface area contributed by atoms with Crippen molar-refractivity contribution in [3.05, 3.63) is 70.3 Å². The van der Waals surface area contributed by atoms with Gasteiger partial charge < -0.3 is 10.6 Å². The van der Waals surface area contributed by atoms with Crippen molar-refractivity contribution in [2.24, 2.45) is 0 Å². The second-order valence-electron chi connectivity index (χ2n) is 8.31. The lowest BCUT2D eigenvalue weighted by molar-refractivity contribution is -0.134. The van der Waals surface area contributed by atoms with E-state index in [0.29, 0.717) is 13.0 Å². The summed E-state index contributed by atoms with van der Waals surface area (Å²) in [6.45, 7) is 3.92. The van der Waals surface area contributed by atoms with Crippen LogP contribution in [0.3, 0.4) is 0 Å². The Bertz CT molecular complexity index is 1020. The summed E-state index contributed by atoms with van der Waals surface area (Å²) >= 11 is 0. The maximum absolute atomic E-state index is 13.1. The second kappa shape index (κ2) is 7.94. The highest BCUT2D eigenvalue weighted by atomic mass is 16.2. The van der Waals surface area contributed by atoms with Gasteiger partial charge in [0, 0.05) is 6.54 Å². The van der Waals surface area contributed by atoms with Crippen LogP contribution in [0, 0.1) is 6.92 Å². The number of urea groups is 1. The molecule has 2 aliphatic rings. The molecule has 156 valence electrons. The van der Waals surface area contributed by atoms with Crippen LogP contribution < -0.4 is 10.6 Å². The molecule has 1 saturated heterocycles. The number of benzene rings is 2. The molecule has 0 bridgehead atoms. The first-order chi connectivity index (χ1) is 14.4. The third-order valence-corrected chi connectivity index (χ3v) is 6.23. The van der Waals surface area contributed by atoms with Crippen LogP contribution in [0.2, 0.25) is 0 Å². The molecule has 1 aliphatic carbocycles. The first-order valence-electron chi connectivity index (χ1n) is 10.5. The van der Waals surface area contributed by atoms with Gasteiger partial charge in [-0.05, 0) is 67.3 Å². The molecule has 0 unspecified atom stereocenters. The molecule has 0 spiro atoms. The van der Waals surface area contributed by atoms with Crippen molar-refractivity contribution in [3.8, 4) is 0 Å². The van der Waals surface area contributed by atoms with Gasteiger partial charge >= 0.3 is 6.03 Å². The van der Waals surface area contributed by atoms with Crippen LogP contribution in [0.1, 0.15) is 41.2 Å². The molecule has 2 aromatic rings. The zero-order valence-corrected chi connectivity index (χ0v) is 17.5. The van der Waals surface area contributed by atoms with E-state index in [9.17, 15) is 14.4 Å². The van der Waals surface area contributed by atoms with Crippen LogP contribution in [0.5, 0.6) is 0 Å². The quantitative estimate of drug-likeness (QED) is 0.725. The highest BCUT2D eigenvalue weighted by molar-refractivity contribution is 6.09. The Morgan fingerprint density at radius 2 is 1.90 bits per heavy atom. The summed E-state index contributed by atoms with van der Waals surface area (Å²) in [5, 5.41) is 5.60. The summed E-state index contributed by atoms with van der Waals surface area (Å²) < 4.78 is 0. The number of carbonyl (C=O) groups is 3. The van der Waals surface area contributed by atoms with Gasteiger partial charge in [-0.25, -0.2) is 4.79 Å². The fraction of sp³-hybridized carbons (Fsp3) is 0.375. The second-order valence-corrected chi connectivity index (χ2v) is 8.31. The molecule has 1 atom stereocenters. The van der Waals surface area contributed by atoms with E-state index in [2.05, 4.69) is 10.6 Å². The fourth-order valence-corrected chi connectivity index (χ4v) is 4.35. The Morgan fingerprint density at radius 1 is 1.13 bits per heavy atom. The Kier molecular flexibility index (Phi) is 5.33. The lowest BCUT2D eigenvalue weighted by Crippen LogP contribution is -2.43. The molecule has 6 heteroatoms. The summed E-state index contributed by atoms with van der Waals surface area (Å²) in [6.07, 6.45) is 3.87. The minimum absolute atomic E-state index is 0.279. The van der Waals surface area contributed by atoms with E-state index >= 15 is 0 Å². The molecule has 30 heavy (non-hydrogen) atoms. The zero-order valence-electron chi connectivity index (χ0n) is 17.5. The average Bonchev–Trinajstić information content (AvgIpc) is 3.28. The van der Waals surface area contributed by atoms with Crippen LogP contribution in [0.15, 0.2) is 42.5 Å². The zero-order chi connectivity index (χ0) is 21.3. The number of nitrogens with one attached hydrogen (secondary N) is 2. The maximum Gasteiger partial charge on any atom is 0.325 e. The molecule has 2 aromatic carbocycles. The van der Waals surface area contributed by atoms with E-state index in [1.165, 1.54) is 16.7 Å². The van der Waals surface area contributed by atoms with Gasteiger partial charge in [-0.15, -0.1) is 0 Å². The minimum Gasteiger partial charge on any atom is -0.354 e. The van der Waals surface area contributed by atoms with Gasteiger partial charge in [0.15, 0.2) is 0 Å². The SMILES string of the molecule is Cc1ccccc1CCNC(=O)CN1C(=O)N[C@](C)(c2ccc3c(c2)CCC3)C1=O. The predicted molar refractivity (Wildman–Crippen MR) is 114 cm³/mol. The summed E-state index contributed by atoms with van der Waals surface area (Å²) in [6, 6.07) is 13.5. The number of fused-ring (bicyclic) bond motifs is 1. The molecule has 2 N–H and O–H groups in total. The molecule has 1 fully saturated rings. The summed E-state index contributed by atoms with van der Waals surface area (Å²) in [5.41, 5.74) is 4.51. The Balaban J connectivity index is 1.39. The van der Waals surface area contributed by atoms with Crippen molar-refractivity contribution in [1.29, 1.82) is 0 Å². The van der Waals surface area contributed by atoms with Crippen molar-refractivity contribution in [3.63, 3.8) is 0 Å². The molecule has 4 amide bonds. The van der Waals surface area contributed by atoms with Crippen molar-refractivity contribution in [1.82, 2.24) is 15.5 Å². The Morgan fingerprint density at radius 3 is 2.70 bits per heavy atom. The highest BCUT2D eigenvalue weighted by Crippen LogP contribution is 2.32. The van der Waals surface area contributed by atoms with Crippen LogP contribution in [-0.4, -0.2) is 35.8 Å². The van der Waals surface area contributed by atoms with Crippen molar-refractivity contribution >= 4 is 17.8 Å². The predicted octanol–water partition coefficient (Wildman–Crippen LogP) is 2.61. The topological polar surface area (TPSA) is 78.5 Å². The molecule has 6 nitrogen and oxygen atoms in total. The van der Waals surface area contributed by atoms with Gasteiger partial charge in [-0.2, -0.15) is 0 Å². The Labute approximate surface area is 176 Å². The van der Waals surface area contributed by atoms with Gasteiger partial charge in [0.05, 0.1) is 0 Å². The Hall–Kier alpha value is -3.15. The number of hydrogen-bond acceptors (Lipinski definition) is 3. The number of aryl methyl sites for hydroxylation is 3. The summed E-state index contributed by atoms with van der Waals surface area (Å²) in [7, 11) is 0. The first-order valence-corrected chi connectivity index (χ1v) is 10.5. The summed E-state index contributed by atoms with van der Waals surface area (Å²) in [5.74, 6) is -0.732. The number of amides is 4. The van der Waals surface area contributed by atoms with E-state index in [-0.39, 0.29) is 18.4 Å². The van der Waals surface area contributed by atoms with Crippen molar-refractivity contribution < 1.29 is 14.4 Å². The molecular weight excluding hydrogens is 378 g/mol. The minimum atomic E-state index is -1.14. The fourth-order valence-electron chi connectivity index (χ4n) is 4.35. The smallest absolute Gasteiger partial charge is 0.325 e. The van der Waals surface area contributed by atoms with E-state index < -0.39 is 11.6 Å².